The van der Waals surface area contributed by atoms with Crippen LogP contribution in [0.3, 0.4) is 0 Å². The Kier molecular flexibility index (Phi) is 6.96. The molecule has 0 saturated carbocycles. The van der Waals surface area contributed by atoms with Crippen LogP contribution in [-0.4, -0.2) is 47.8 Å². The minimum absolute atomic E-state index is 0.0286. The number of carbonyl (C=O) groups excluding carboxylic acids is 2. The van der Waals surface area contributed by atoms with Gasteiger partial charge in [-0.2, -0.15) is 0 Å². The maximum Gasteiger partial charge on any atom is 0.291 e. The number of nitrogens with one attached hydrogen (secondary N) is 1. The maximum atomic E-state index is 13.4. The molecule has 36 heavy (non-hydrogen) atoms. The van der Waals surface area contributed by atoms with E-state index in [0.29, 0.717) is 24.3 Å². The van der Waals surface area contributed by atoms with Crippen LogP contribution in [0.25, 0.3) is 0 Å². The molecule has 1 saturated heterocycles. The van der Waals surface area contributed by atoms with Crippen molar-refractivity contribution in [2.24, 2.45) is 0 Å². The van der Waals surface area contributed by atoms with Crippen LogP contribution in [0.2, 0.25) is 0 Å². The van der Waals surface area contributed by atoms with Gasteiger partial charge in [-0.3, -0.25) is 14.5 Å². The predicted octanol–water partition coefficient (Wildman–Crippen LogP) is 5.39. The van der Waals surface area contributed by atoms with Gasteiger partial charge in [-0.25, -0.2) is 0 Å². The topological polar surface area (TPSA) is 65.8 Å². The third-order valence-electron chi connectivity index (χ3n) is 6.67. The smallest absolute Gasteiger partial charge is 0.291 e. The zero-order chi connectivity index (χ0) is 24.9. The number of furan rings is 1. The first-order valence-electron chi connectivity index (χ1n) is 12.2. The number of hydrogen-bond donors (Lipinski definition) is 1. The van der Waals surface area contributed by atoms with Gasteiger partial charge in [-0.1, -0.05) is 66.7 Å². The third kappa shape index (κ3) is 5.09. The molecule has 1 aliphatic rings. The lowest BCUT2D eigenvalue weighted by atomic mass is 9.96. The van der Waals surface area contributed by atoms with Crippen molar-refractivity contribution < 1.29 is 14.0 Å². The summed E-state index contributed by atoms with van der Waals surface area (Å²) in [4.78, 5) is 30.1. The summed E-state index contributed by atoms with van der Waals surface area (Å²) in [7, 11) is 0. The number of aryl methyl sites for hydroxylation is 1. The molecule has 0 unspecified atom stereocenters. The third-order valence-corrected chi connectivity index (χ3v) is 6.67. The van der Waals surface area contributed by atoms with Gasteiger partial charge in [0, 0.05) is 37.4 Å². The van der Waals surface area contributed by atoms with Gasteiger partial charge in [0.15, 0.2) is 5.76 Å². The van der Waals surface area contributed by atoms with Crippen LogP contribution >= 0.6 is 0 Å². The number of benzene rings is 3. The van der Waals surface area contributed by atoms with Gasteiger partial charge in [0.2, 0.25) is 0 Å². The van der Waals surface area contributed by atoms with Gasteiger partial charge in [0.25, 0.3) is 11.8 Å². The van der Waals surface area contributed by atoms with E-state index < -0.39 is 0 Å². The number of amides is 2. The van der Waals surface area contributed by atoms with Crippen LogP contribution < -0.4 is 5.32 Å². The van der Waals surface area contributed by atoms with Crippen LogP contribution in [0.1, 0.15) is 43.6 Å². The second kappa shape index (κ2) is 10.6. The fourth-order valence-electron chi connectivity index (χ4n) is 4.73. The van der Waals surface area contributed by atoms with Gasteiger partial charge in [-0.15, -0.1) is 0 Å². The summed E-state index contributed by atoms with van der Waals surface area (Å²) >= 11 is 0. The lowest BCUT2D eigenvalue weighted by Crippen LogP contribution is -2.49. The van der Waals surface area contributed by atoms with Crippen LogP contribution in [-0.2, 0) is 0 Å². The Labute approximate surface area is 211 Å². The van der Waals surface area contributed by atoms with Crippen LogP contribution in [0.4, 0.5) is 5.69 Å². The Morgan fingerprint density at radius 2 is 1.44 bits per heavy atom. The molecule has 1 aromatic heterocycles. The highest BCUT2D eigenvalue weighted by Gasteiger charge is 2.28. The van der Waals surface area contributed by atoms with Crippen molar-refractivity contribution in [1.29, 1.82) is 0 Å². The van der Waals surface area contributed by atoms with Crippen molar-refractivity contribution in [2.75, 3.05) is 31.5 Å². The summed E-state index contributed by atoms with van der Waals surface area (Å²) in [6.45, 7) is 4.72. The van der Waals surface area contributed by atoms with E-state index in [9.17, 15) is 9.59 Å². The second-order valence-electron chi connectivity index (χ2n) is 9.01. The summed E-state index contributed by atoms with van der Waals surface area (Å²) in [5.74, 6) is -0.137. The highest BCUT2D eigenvalue weighted by atomic mass is 16.3. The molecule has 1 fully saturated rings. The minimum Gasteiger partial charge on any atom is -0.459 e. The second-order valence-corrected chi connectivity index (χ2v) is 9.01. The van der Waals surface area contributed by atoms with E-state index in [1.165, 1.54) is 17.4 Å². The number of rotatable bonds is 6. The Balaban J connectivity index is 1.29. The molecule has 6 nitrogen and oxygen atoms in total. The first kappa shape index (κ1) is 23.6. The van der Waals surface area contributed by atoms with Crippen molar-refractivity contribution >= 4 is 17.5 Å². The van der Waals surface area contributed by atoms with Crippen molar-refractivity contribution in [3.05, 3.63) is 125 Å². The van der Waals surface area contributed by atoms with E-state index in [4.69, 9.17) is 4.42 Å². The van der Waals surface area contributed by atoms with Gasteiger partial charge in [0.1, 0.15) is 0 Å². The molecule has 5 rings (SSSR count). The number of anilines is 1. The molecule has 0 atom stereocenters. The minimum atomic E-state index is -0.339. The fourth-order valence-corrected chi connectivity index (χ4v) is 4.73. The molecule has 0 spiro atoms. The van der Waals surface area contributed by atoms with Gasteiger partial charge in [0.05, 0.1) is 12.3 Å². The lowest BCUT2D eigenvalue weighted by molar-refractivity contribution is 0.0597. The summed E-state index contributed by atoms with van der Waals surface area (Å²) in [5.41, 5.74) is 4.54. The summed E-state index contributed by atoms with van der Waals surface area (Å²) in [6.07, 6.45) is 1.46. The first-order chi connectivity index (χ1) is 17.6. The molecule has 2 heterocycles. The lowest BCUT2D eigenvalue weighted by Gasteiger charge is -2.40. The number of hydrogen-bond acceptors (Lipinski definition) is 4. The predicted molar refractivity (Wildman–Crippen MR) is 140 cm³/mol. The van der Waals surface area contributed by atoms with Crippen LogP contribution in [0, 0.1) is 6.92 Å². The average molecular weight is 480 g/mol. The molecule has 1 aliphatic heterocycles. The molecular formula is C30H29N3O3. The average Bonchev–Trinajstić information content (AvgIpc) is 3.47. The summed E-state index contributed by atoms with van der Waals surface area (Å²) in [6, 6.07) is 29.9. The van der Waals surface area contributed by atoms with E-state index in [1.54, 1.807) is 18.2 Å². The molecule has 182 valence electrons. The molecule has 1 N–H and O–H groups in total. The maximum absolute atomic E-state index is 13.4. The number of piperazine rings is 1. The molecule has 0 bridgehead atoms. The van der Waals surface area contributed by atoms with E-state index in [-0.39, 0.29) is 23.6 Å². The molecule has 3 aromatic carbocycles. The Morgan fingerprint density at radius 3 is 2.03 bits per heavy atom. The van der Waals surface area contributed by atoms with E-state index in [2.05, 4.69) is 58.7 Å². The van der Waals surface area contributed by atoms with E-state index in [0.717, 1.165) is 18.7 Å². The highest BCUT2D eigenvalue weighted by Crippen LogP contribution is 2.30. The van der Waals surface area contributed by atoms with E-state index >= 15 is 0 Å². The quantitative estimate of drug-likeness (QED) is 0.403. The van der Waals surface area contributed by atoms with Gasteiger partial charge in [-0.05, 0) is 47.9 Å². The van der Waals surface area contributed by atoms with Crippen molar-refractivity contribution in [2.45, 2.75) is 13.0 Å². The highest BCUT2D eigenvalue weighted by molar-refractivity contribution is 6.04. The van der Waals surface area contributed by atoms with Gasteiger partial charge < -0.3 is 14.6 Å². The zero-order valence-corrected chi connectivity index (χ0v) is 20.3. The first-order valence-corrected chi connectivity index (χ1v) is 12.2. The van der Waals surface area contributed by atoms with Gasteiger partial charge >= 0.3 is 0 Å². The van der Waals surface area contributed by atoms with Crippen molar-refractivity contribution in [3.63, 3.8) is 0 Å². The zero-order valence-electron chi connectivity index (χ0n) is 20.3. The fraction of sp³-hybridized carbons (Fsp3) is 0.200. The number of carbonyl (C=O) groups is 2. The largest absolute Gasteiger partial charge is 0.459 e. The summed E-state index contributed by atoms with van der Waals surface area (Å²) in [5, 5.41) is 2.86. The Morgan fingerprint density at radius 1 is 0.806 bits per heavy atom. The summed E-state index contributed by atoms with van der Waals surface area (Å²) < 4.78 is 5.18. The van der Waals surface area contributed by atoms with Crippen LogP contribution in [0.15, 0.2) is 102 Å². The Hall–Kier alpha value is -4.16. The molecule has 4 aromatic rings. The molecule has 0 aliphatic carbocycles. The molecular weight excluding hydrogens is 450 g/mol. The molecule has 2 amide bonds. The SMILES string of the molecule is Cc1ccc(C(=O)N2CCN(C(c3ccccc3)c3ccccc3)CC2)cc1NC(=O)c1ccco1. The Bertz CT molecular complexity index is 1270. The standard InChI is InChI=1S/C30H29N3O3/c1-22-14-15-25(21-26(22)31-29(34)27-13-8-20-36-27)30(35)33-18-16-32(17-19-33)28(23-9-4-2-5-10-23)24-11-6-3-7-12-24/h2-15,20-21,28H,16-19H2,1H3,(H,31,34). The molecule has 0 radical (unpaired) electrons. The van der Waals surface area contributed by atoms with E-state index in [1.807, 2.05) is 36.1 Å². The normalized spacial score (nSPS) is 14.1. The van der Waals surface area contributed by atoms with Crippen molar-refractivity contribution in [3.8, 4) is 0 Å². The number of nitrogens with zero attached hydrogens (tertiary/aromatic N) is 2. The van der Waals surface area contributed by atoms with Crippen molar-refractivity contribution in [1.82, 2.24) is 9.80 Å². The van der Waals surface area contributed by atoms with Crippen LogP contribution in [0.5, 0.6) is 0 Å². The molecule has 6 heteroatoms. The monoisotopic (exact) mass is 479 g/mol.